The van der Waals surface area contributed by atoms with Crippen molar-refractivity contribution >= 4 is 0 Å². The molecule has 0 nitrogen and oxygen atoms in total. The van der Waals surface area contributed by atoms with Crippen LogP contribution in [0, 0.1) is 5.92 Å². The van der Waals surface area contributed by atoms with Gasteiger partial charge in [-0.25, -0.2) is 0 Å². The number of hydrogen-bond acceptors (Lipinski definition) is 0. The summed E-state index contributed by atoms with van der Waals surface area (Å²) >= 11 is 2.27. The fourth-order valence-corrected chi connectivity index (χ4v) is 5.53. The zero-order chi connectivity index (χ0) is 19.6. The Hall–Kier alpha value is -1.28. The van der Waals surface area contributed by atoms with Crippen LogP contribution in [-0.4, -0.2) is 0 Å². The Balaban J connectivity index is 0.00000160. The molecule has 1 aliphatic rings. The molecule has 4 rings (SSSR count). The number of halogens is 3. The minimum atomic E-state index is -0.280. The summed E-state index contributed by atoms with van der Waals surface area (Å²) in [4.78, 5) is 0. The second kappa shape index (κ2) is 12.1. The molecule has 0 saturated carbocycles. The third-order valence-electron chi connectivity index (χ3n) is 5.78. The number of rotatable bonds is 5. The van der Waals surface area contributed by atoms with Crippen LogP contribution in [0.1, 0.15) is 37.0 Å². The van der Waals surface area contributed by atoms with Crippen molar-refractivity contribution in [2.45, 2.75) is 25.7 Å². The van der Waals surface area contributed by atoms with Gasteiger partial charge in [0.1, 0.15) is 0 Å². The normalized spacial score (nSPS) is 13.1. The molecule has 0 N–H and O–H groups in total. The van der Waals surface area contributed by atoms with E-state index in [2.05, 4.69) is 131 Å². The Morgan fingerprint density at radius 3 is 1.32 bits per heavy atom. The van der Waals surface area contributed by atoms with Crippen molar-refractivity contribution in [3.63, 3.8) is 0 Å². The third kappa shape index (κ3) is 5.05. The van der Waals surface area contributed by atoms with Crippen LogP contribution in [0.15, 0.2) is 112 Å². The van der Waals surface area contributed by atoms with Crippen molar-refractivity contribution in [3.8, 4) is 0 Å². The van der Waals surface area contributed by atoms with Crippen molar-refractivity contribution in [1.82, 2.24) is 0 Å². The standard InChI is InChI=1S/C27H25.3ClH.Ti/c1-21(2)25-19-12-20-26(25)27(22-13-6-3-7-14-22,23-15-8-4-9-16-23)24-17-10-5-11-18-24;;;;/h3-18,21H,20H2,1-2H3;3*1H;/q;;;;+3/p-3. The van der Waals surface area contributed by atoms with Gasteiger partial charge in [0.15, 0.2) is 0 Å². The van der Waals surface area contributed by atoms with Gasteiger partial charge in [0.2, 0.25) is 0 Å². The van der Waals surface area contributed by atoms with E-state index in [-0.39, 0.29) is 42.6 Å². The van der Waals surface area contributed by atoms with Gasteiger partial charge in [0.05, 0.1) is 0 Å². The average Bonchev–Trinajstić information content (AvgIpc) is 3.13. The summed E-state index contributed by atoms with van der Waals surface area (Å²) in [6.45, 7) is 4.65. The van der Waals surface area contributed by atoms with E-state index in [0.29, 0.717) is 5.92 Å². The molecule has 158 valence electrons. The van der Waals surface area contributed by atoms with Crippen LogP contribution in [0.5, 0.6) is 0 Å². The number of allylic oxidation sites excluding steroid dienone is 4. The van der Waals surface area contributed by atoms with Gasteiger partial charge >= 0.3 is 181 Å². The Kier molecular flexibility index (Phi) is 10.8. The zero-order valence-electron chi connectivity index (χ0n) is 17.7. The minimum absolute atomic E-state index is 0. The van der Waals surface area contributed by atoms with E-state index in [4.69, 9.17) is 0 Å². The quantitative estimate of drug-likeness (QED) is 0.275. The summed E-state index contributed by atoms with van der Waals surface area (Å²) in [5.74, 6) is 0.490. The van der Waals surface area contributed by atoms with Gasteiger partial charge in [0, 0.05) is 0 Å². The smallest absolute Gasteiger partial charge is 1.00 e. The van der Waals surface area contributed by atoms with Crippen LogP contribution in [-0.2, 0) is 25.9 Å². The van der Waals surface area contributed by atoms with Crippen LogP contribution in [0.3, 0.4) is 0 Å². The Labute approximate surface area is 216 Å². The van der Waals surface area contributed by atoms with Crippen molar-refractivity contribution in [1.29, 1.82) is 0 Å². The van der Waals surface area contributed by atoms with Crippen LogP contribution in [0.4, 0.5) is 0 Å². The molecule has 0 bridgehead atoms. The van der Waals surface area contributed by atoms with Crippen LogP contribution in [0.2, 0.25) is 0 Å². The van der Waals surface area contributed by atoms with Gasteiger partial charge in [-0.05, 0) is 0 Å². The van der Waals surface area contributed by atoms with Gasteiger partial charge < -0.3 is 37.2 Å². The van der Waals surface area contributed by atoms with E-state index in [9.17, 15) is 0 Å². The molecular formula is C27H25Cl3Ti. The van der Waals surface area contributed by atoms with Crippen molar-refractivity contribution < 1.29 is 57.7 Å². The third-order valence-corrected chi connectivity index (χ3v) is 6.52. The molecule has 0 unspecified atom stereocenters. The molecule has 4 heteroatoms. The summed E-state index contributed by atoms with van der Waals surface area (Å²) in [6, 6.07) is 33.1. The van der Waals surface area contributed by atoms with Gasteiger partial charge in [-0.1, -0.05) is 0 Å². The maximum absolute atomic E-state index is 2.41. The van der Waals surface area contributed by atoms with E-state index in [1.807, 2.05) is 0 Å². The monoisotopic (exact) mass is 502 g/mol. The zero-order valence-corrected chi connectivity index (χ0v) is 21.5. The molecule has 0 atom stereocenters. The molecule has 31 heavy (non-hydrogen) atoms. The van der Waals surface area contributed by atoms with Gasteiger partial charge in [-0.3, -0.25) is 0 Å². The first kappa shape index (κ1) is 27.8. The Morgan fingerprint density at radius 1 is 0.645 bits per heavy atom. The van der Waals surface area contributed by atoms with E-state index in [0.717, 1.165) is 6.42 Å². The van der Waals surface area contributed by atoms with Crippen molar-refractivity contribution in [3.05, 3.63) is 129 Å². The molecule has 0 fully saturated rings. The largest absolute Gasteiger partial charge is 1.00 e. The van der Waals surface area contributed by atoms with E-state index in [1.54, 1.807) is 0 Å². The molecule has 3 aromatic rings. The number of benzene rings is 3. The molecular weight excluding hydrogens is 479 g/mol. The molecule has 0 aliphatic heterocycles. The molecule has 0 spiro atoms. The second-order valence-corrected chi connectivity index (χ2v) is 8.56. The van der Waals surface area contributed by atoms with Gasteiger partial charge in [-0.2, -0.15) is 0 Å². The SMILES string of the molecule is CC(C)C1=C(C(c2ccccc2)(c2ccccc2)c2ccccc2)CC=[C]1[Ti+3].[Cl-].[Cl-].[Cl-]. The fourth-order valence-electron chi connectivity index (χ4n) is 4.69. The molecule has 3 aromatic carbocycles. The topological polar surface area (TPSA) is 0 Å². The van der Waals surface area contributed by atoms with E-state index < -0.39 is 0 Å². The maximum Gasteiger partial charge on any atom is -1.00 e. The Bertz CT molecular complexity index is 913. The van der Waals surface area contributed by atoms with Crippen LogP contribution >= 0.6 is 0 Å². The minimum Gasteiger partial charge on any atom is -1.00 e. The predicted molar refractivity (Wildman–Crippen MR) is 114 cm³/mol. The molecule has 1 aliphatic carbocycles. The number of hydrogen-bond donors (Lipinski definition) is 0. The summed E-state index contributed by atoms with van der Waals surface area (Å²) in [5, 5.41) is 0. The van der Waals surface area contributed by atoms with Crippen molar-refractivity contribution in [2.24, 2.45) is 5.92 Å². The van der Waals surface area contributed by atoms with Crippen LogP contribution in [0.25, 0.3) is 0 Å². The molecule has 0 amide bonds. The van der Waals surface area contributed by atoms with E-state index in [1.165, 1.54) is 31.7 Å². The van der Waals surface area contributed by atoms with Gasteiger partial charge in [0.25, 0.3) is 0 Å². The fraction of sp³-hybridized carbons (Fsp3) is 0.185. The summed E-state index contributed by atoms with van der Waals surface area (Å²) in [5.41, 5.74) is 6.76. The molecule has 0 aromatic heterocycles. The molecule has 0 heterocycles. The first-order chi connectivity index (χ1) is 13.7. The summed E-state index contributed by atoms with van der Waals surface area (Å²) in [7, 11) is 0. The van der Waals surface area contributed by atoms with Crippen molar-refractivity contribution in [2.75, 3.05) is 0 Å². The first-order valence-corrected chi connectivity index (χ1v) is 10.8. The summed E-state index contributed by atoms with van der Waals surface area (Å²) in [6.07, 6.45) is 3.41. The molecule has 0 radical (unpaired) electrons. The van der Waals surface area contributed by atoms with Gasteiger partial charge in [-0.15, -0.1) is 0 Å². The predicted octanol–water partition coefficient (Wildman–Crippen LogP) is -2.18. The second-order valence-electron chi connectivity index (χ2n) is 7.72. The molecule has 0 saturated heterocycles. The summed E-state index contributed by atoms with van der Waals surface area (Å²) < 4.78 is 1.43. The Morgan fingerprint density at radius 2 is 1.00 bits per heavy atom. The average molecular weight is 504 g/mol. The van der Waals surface area contributed by atoms with E-state index >= 15 is 0 Å². The maximum atomic E-state index is 2.41. The van der Waals surface area contributed by atoms with Crippen LogP contribution < -0.4 is 37.2 Å². The first-order valence-electron chi connectivity index (χ1n) is 9.98.